The summed E-state index contributed by atoms with van der Waals surface area (Å²) in [6.45, 7) is 4.91. The molecule has 1 atom stereocenters. The highest BCUT2D eigenvalue weighted by Crippen LogP contribution is 2.23. The van der Waals surface area contributed by atoms with Crippen LogP contribution in [0.5, 0.6) is 0 Å². The first-order chi connectivity index (χ1) is 7.70. The van der Waals surface area contributed by atoms with Gasteiger partial charge in [0.25, 0.3) is 0 Å². The van der Waals surface area contributed by atoms with Crippen molar-refractivity contribution >= 4 is 0 Å². The minimum absolute atomic E-state index is 0.0827. The number of nitrogens with one attached hydrogen (secondary N) is 1. The van der Waals surface area contributed by atoms with Crippen molar-refractivity contribution < 1.29 is 8.78 Å². The van der Waals surface area contributed by atoms with Crippen LogP contribution in [0.15, 0.2) is 18.2 Å². The van der Waals surface area contributed by atoms with E-state index in [1.165, 1.54) is 0 Å². The summed E-state index contributed by atoms with van der Waals surface area (Å²) in [5, 5.41) is 3.25. The van der Waals surface area contributed by atoms with Gasteiger partial charge in [0.05, 0.1) is 0 Å². The predicted octanol–water partition coefficient (Wildman–Crippen LogP) is 3.81. The van der Waals surface area contributed by atoms with Gasteiger partial charge in [-0.3, -0.25) is 0 Å². The molecule has 0 spiro atoms. The second-order valence-electron chi connectivity index (χ2n) is 3.94. The van der Waals surface area contributed by atoms with Crippen molar-refractivity contribution in [1.29, 1.82) is 0 Å². The van der Waals surface area contributed by atoms with Gasteiger partial charge in [-0.2, -0.15) is 0 Å². The second kappa shape index (κ2) is 6.59. The molecule has 1 N–H and O–H groups in total. The first-order valence-electron chi connectivity index (χ1n) is 5.88. The molecule has 16 heavy (non-hydrogen) atoms. The second-order valence-corrected chi connectivity index (χ2v) is 3.94. The topological polar surface area (TPSA) is 12.0 Å². The van der Waals surface area contributed by atoms with E-state index in [2.05, 4.69) is 12.2 Å². The highest BCUT2D eigenvalue weighted by atomic mass is 19.2. The molecule has 1 aromatic carbocycles. The van der Waals surface area contributed by atoms with Gasteiger partial charge in [-0.15, -0.1) is 0 Å². The summed E-state index contributed by atoms with van der Waals surface area (Å²) < 4.78 is 26.7. The Balaban J connectivity index is 2.86. The van der Waals surface area contributed by atoms with Crippen LogP contribution >= 0.6 is 0 Å². The summed E-state index contributed by atoms with van der Waals surface area (Å²) in [4.78, 5) is 0. The molecule has 0 saturated heterocycles. The maximum atomic E-state index is 13.6. The van der Waals surface area contributed by atoms with E-state index in [-0.39, 0.29) is 6.04 Å². The third-order valence-electron chi connectivity index (χ3n) is 2.57. The number of hydrogen-bond donors (Lipinski definition) is 1. The van der Waals surface area contributed by atoms with Gasteiger partial charge in [0.15, 0.2) is 11.6 Å². The Morgan fingerprint density at radius 3 is 2.56 bits per heavy atom. The van der Waals surface area contributed by atoms with Crippen molar-refractivity contribution in [2.45, 2.75) is 39.2 Å². The monoisotopic (exact) mass is 227 g/mol. The number of halogens is 2. The molecule has 0 aromatic heterocycles. The molecular formula is C13H19F2N. The van der Waals surface area contributed by atoms with E-state index in [0.29, 0.717) is 5.56 Å². The van der Waals surface area contributed by atoms with Gasteiger partial charge in [0.2, 0.25) is 0 Å². The van der Waals surface area contributed by atoms with E-state index >= 15 is 0 Å². The van der Waals surface area contributed by atoms with E-state index in [0.717, 1.165) is 31.9 Å². The molecule has 0 bridgehead atoms. The summed E-state index contributed by atoms with van der Waals surface area (Å²) in [6, 6.07) is 4.29. The zero-order valence-corrected chi connectivity index (χ0v) is 9.89. The summed E-state index contributed by atoms with van der Waals surface area (Å²) in [5.41, 5.74) is 0.440. The van der Waals surface area contributed by atoms with Crippen LogP contribution in [0.4, 0.5) is 8.78 Å². The first-order valence-corrected chi connectivity index (χ1v) is 5.88. The molecule has 1 unspecified atom stereocenters. The van der Waals surface area contributed by atoms with Crippen molar-refractivity contribution in [3.8, 4) is 0 Å². The standard InChI is InChI=1S/C13H19F2N/c1-3-6-12(16-9-4-2)10-7-5-8-11(14)13(10)15/h5,7-8,12,16H,3-4,6,9H2,1-2H3. The molecule has 0 aliphatic heterocycles. The lowest BCUT2D eigenvalue weighted by molar-refractivity contribution is 0.443. The number of benzene rings is 1. The summed E-state index contributed by atoms with van der Waals surface area (Å²) in [5.74, 6) is -1.48. The molecule has 0 radical (unpaired) electrons. The normalized spacial score (nSPS) is 12.8. The molecule has 90 valence electrons. The van der Waals surface area contributed by atoms with Gasteiger partial charge >= 0.3 is 0 Å². The SMILES string of the molecule is CCCNC(CCC)c1cccc(F)c1F. The summed E-state index contributed by atoms with van der Waals surface area (Å²) in [6.07, 6.45) is 2.74. The highest BCUT2D eigenvalue weighted by Gasteiger charge is 2.16. The molecule has 1 aromatic rings. The molecule has 3 heteroatoms. The Kier molecular flexibility index (Phi) is 5.39. The lowest BCUT2D eigenvalue weighted by Gasteiger charge is -2.19. The van der Waals surface area contributed by atoms with Crippen LogP contribution < -0.4 is 5.32 Å². The lowest BCUT2D eigenvalue weighted by Crippen LogP contribution is -2.23. The van der Waals surface area contributed by atoms with E-state index in [1.807, 2.05) is 6.92 Å². The zero-order valence-electron chi connectivity index (χ0n) is 9.89. The van der Waals surface area contributed by atoms with Crippen molar-refractivity contribution in [2.24, 2.45) is 0 Å². The molecule has 1 rings (SSSR count). The third kappa shape index (κ3) is 3.27. The molecule has 0 fully saturated rings. The van der Waals surface area contributed by atoms with E-state index in [1.54, 1.807) is 12.1 Å². The smallest absolute Gasteiger partial charge is 0.163 e. The quantitative estimate of drug-likeness (QED) is 0.779. The summed E-state index contributed by atoms with van der Waals surface area (Å²) in [7, 11) is 0. The molecule has 1 nitrogen and oxygen atoms in total. The Morgan fingerprint density at radius 2 is 1.94 bits per heavy atom. The van der Waals surface area contributed by atoms with Crippen molar-refractivity contribution in [3.63, 3.8) is 0 Å². The van der Waals surface area contributed by atoms with Gasteiger partial charge in [-0.05, 0) is 25.5 Å². The largest absolute Gasteiger partial charge is 0.310 e. The van der Waals surface area contributed by atoms with Gasteiger partial charge in [0, 0.05) is 11.6 Å². The summed E-state index contributed by atoms with van der Waals surface area (Å²) >= 11 is 0. The fraction of sp³-hybridized carbons (Fsp3) is 0.538. The average Bonchev–Trinajstić information content (AvgIpc) is 2.28. The van der Waals surface area contributed by atoms with Gasteiger partial charge < -0.3 is 5.32 Å². The van der Waals surface area contributed by atoms with Crippen molar-refractivity contribution in [1.82, 2.24) is 5.32 Å². The molecule has 0 heterocycles. The van der Waals surface area contributed by atoms with Gasteiger partial charge in [0.1, 0.15) is 0 Å². The molecular weight excluding hydrogens is 208 g/mol. The predicted molar refractivity (Wildman–Crippen MR) is 62.3 cm³/mol. The van der Waals surface area contributed by atoms with Crippen LogP contribution in [-0.4, -0.2) is 6.54 Å². The zero-order chi connectivity index (χ0) is 12.0. The molecule has 0 saturated carbocycles. The van der Waals surface area contributed by atoms with Crippen LogP contribution in [0.1, 0.15) is 44.7 Å². The Hall–Kier alpha value is -0.960. The van der Waals surface area contributed by atoms with Crippen molar-refractivity contribution in [2.75, 3.05) is 6.54 Å². The Labute approximate surface area is 95.9 Å². The molecule has 0 amide bonds. The van der Waals surface area contributed by atoms with Gasteiger partial charge in [-0.1, -0.05) is 32.4 Å². The fourth-order valence-electron chi connectivity index (χ4n) is 1.76. The minimum atomic E-state index is -0.767. The maximum absolute atomic E-state index is 13.6. The van der Waals surface area contributed by atoms with Gasteiger partial charge in [-0.25, -0.2) is 8.78 Å². The van der Waals surface area contributed by atoms with Crippen LogP contribution in [0.2, 0.25) is 0 Å². The Morgan fingerprint density at radius 1 is 1.19 bits per heavy atom. The third-order valence-corrected chi connectivity index (χ3v) is 2.57. The maximum Gasteiger partial charge on any atom is 0.163 e. The number of hydrogen-bond acceptors (Lipinski definition) is 1. The number of rotatable bonds is 6. The van der Waals surface area contributed by atoms with E-state index in [9.17, 15) is 8.78 Å². The minimum Gasteiger partial charge on any atom is -0.310 e. The lowest BCUT2D eigenvalue weighted by atomic mass is 10.0. The van der Waals surface area contributed by atoms with E-state index in [4.69, 9.17) is 0 Å². The Bertz CT molecular complexity index is 326. The van der Waals surface area contributed by atoms with Crippen LogP contribution in [0.3, 0.4) is 0 Å². The average molecular weight is 227 g/mol. The molecule has 0 aliphatic rings. The van der Waals surface area contributed by atoms with Crippen molar-refractivity contribution in [3.05, 3.63) is 35.4 Å². The van der Waals surface area contributed by atoms with Crippen LogP contribution in [0.25, 0.3) is 0 Å². The first kappa shape index (κ1) is 13.1. The highest BCUT2D eigenvalue weighted by molar-refractivity contribution is 5.22. The van der Waals surface area contributed by atoms with E-state index < -0.39 is 11.6 Å². The van der Waals surface area contributed by atoms with Crippen LogP contribution in [0, 0.1) is 11.6 Å². The molecule has 0 aliphatic carbocycles. The van der Waals surface area contributed by atoms with Crippen LogP contribution in [-0.2, 0) is 0 Å². The fourth-order valence-corrected chi connectivity index (χ4v) is 1.76.